The molecule has 0 aromatic heterocycles. The number of phenols is 1. The average molecular weight is 1350 g/mol. The van der Waals surface area contributed by atoms with Gasteiger partial charge in [-0.2, -0.15) is 0 Å². The van der Waals surface area contributed by atoms with Gasteiger partial charge in [-0.25, -0.2) is 4.79 Å². The number of aliphatic hydroxyl groups is 1. The molecule has 3 N–H and O–H groups in total. The third-order valence-electron chi connectivity index (χ3n) is 33.8. The molecule has 13 aromatic rings. The van der Waals surface area contributed by atoms with E-state index in [2.05, 4.69) is 154 Å². The topological polar surface area (TPSA) is 90.3 Å². The summed E-state index contributed by atoms with van der Waals surface area (Å²) in [6.45, 7) is 7.35. The fraction of sp³-hybridized carbons (Fsp3) is 0.218. The van der Waals surface area contributed by atoms with Gasteiger partial charge in [0.2, 0.25) is 0 Å². The Morgan fingerprint density at radius 2 is 1.43 bits per heavy atom. The Morgan fingerprint density at radius 3 is 2.34 bits per heavy atom. The molecular formula is C101H56O5. The first kappa shape index (κ1) is 51.3. The van der Waals surface area contributed by atoms with Crippen LogP contribution in [0.3, 0.4) is 0 Å². The van der Waals surface area contributed by atoms with Crippen molar-refractivity contribution in [1.29, 1.82) is 0 Å². The number of carboxylic acids is 1. The van der Waals surface area contributed by atoms with Crippen LogP contribution in [0.4, 0.5) is 0 Å². The van der Waals surface area contributed by atoms with E-state index in [1.165, 1.54) is 186 Å². The summed E-state index contributed by atoms with van der Waals surface area (Å²) in [6, 6.07) is 34.4. The van der Waals surface area contributed by atoms with Gasteiger partial charge in [-0.3, -0.25) is 0 Å². The van der Waals surface area contributed by atoms with Crippen LogP contribution >= 0.6 is 0 Å². The molecule has 2 spiro atoms. The smallest absolute Gasteiger partial charge is 0.336 e. The van der Waals surface area contributed by atoms with Crippen molar-refractivity contribution in [3.63, 3.8) is 0 Å². The van der Waals surface area contributed by atoms with Crippen LogP contribution in [0.25, 0.3) is 166 Å². The Balaban J connectivity index is 0.877. The van der Waals surface area contributed by atoms with Gasteiger partial charge in [0.1, 0.15) is 17.0 Å². The van der Waals surface area contributed by atoms with Gasteiger partial charge in [0.05, 0.1) is 11.7 Å². The maximum absolute atomic E-state index is 15.3. The number of rotatable bonds is 1. The third-order valence-corrected chi connectivity index (χ3v) is 33.8. The first-order chi connectivity index (χ1) is 52.0. The number of fused-ring (bicyclic) bond motifs is 3. The molecular weight excluding hydrogens is 1290 g/mol. The lowest BCUT2D eigenvalue weighted by Gasteiger charge is -2.61. The van der Waals surface area contributed by atoms with E-state index in [9.17, 15) is 15.0 Å². The molecule has 14 unspecified atom stereocenters. The van der Waals surface area contributed by atoms with Gasteiger partial charge in [-0.1, -0.05) is 104 Å². The second-order valence-electron chi connectivity index (χ2n) is 36.8. The SMILES string of the molecule is Cc1cc2c3c4c5c6c7c8c9c%10c%11c%12c(ccc%11cc9c(C)c7cc5cc3c1)C=CC1C3=C5C7=C9CC%11C5=c5c(cc%13c%14c(cc%15c(c5%14)C%11C5C(=C%15)C=C%11C=c%14cc%15ccc%16c(O)c%15c%15c%14c(c%14c%17c(c%18c(cc%17%15)-c%15c(c(C(=O)O)cc-2c%15C%184)C/C=C\%16)=C2C6C8=C(C9C2C%14)C%10C72OC%1212)C%11C5O)=CCC%13)C3C. The number of aryl methyl sites for hydroxylation is 3. The molecule has 20 aliphatic carbocycles. The number of carbonyl (C=O) groups is 1. The minimum atomic E-state index is -0.911. The molecule has 21 aliphatic rings. The molecule has 5 nitrogen and oxygen atoms in total. The fourth-order valence-electron chi connectivity index (χ4n) is 31.4. The number of allylic oxidation sites excluding steroid dienone is 4. The van der Waals surface area contributed by atoms with E-state index in [-0.39, 0.29) is 70.8 Å². The summed E-state index contributed by atoms with van der Waals surface area (Å²) in [6.07, 6.45) is 23.0. The normalized spacial score (nSPS) is 31.3. The van der Waals surface area contributed by atoms with Gasteiger partial charge in [-0.05, 0) is 369 Å². The summed E-state index contributed by atoms with van der Waals surface area (Å²) < 4.78 is 8.86. The molecule has 1 heterocycles. The van der Waals surface area contributed by atoms with Crippen molar-refractivity contribution in [2.24, 2.45) is 29.6 Å². The Labute approximate surface area is 603 Å². The zero-order valence-electron chi connectivity index (χ0n) is 57.8. The first-order valence-electron chi connectivity index (χ1n) is 39.6. The number of phenolic OH excluding ortho intramolecular Hbond substituents is 1. The van der Waals surface area contributed by atoms with E-state index < -0.39 is 23.3 Å². The van der Waals surface area contributed by atoms with Crippen LogP contribution < -0.4 is 20.9 Å². The number of aliphatic hydroxyl groups excluding tert-OH is 1. The van der Waals surface area contributed by atoms with Crippen molar-refractivity contribution in [2.45, 2.75) is 106 Å². The van der Waals surface area contributed by atoms with Gasteiger partial charge < -0.3 is 20.1 Å². The molecule has 1 saturated heterocycles. The maximum atomic E-state index is 15.3. The van der Waals surface area contributed by atoms with Crippen molar-refractivity contribution in [2.75, 3.05) is 0 Å². The predicted octanol–water partition coefficient (Wildman–Crippen LogP) is 18.0. The number of aromatic carboxylic acids is 1. The largest absolute Gasteiger partial charge is 0.507 e. The summed E-state index contributed by atoms with van der Waals surface area (Å²) in [5.74, 6) is -1.38. The highest BCUT2D eigenvalue weighted by Gasteiger charge is 2.87. The molecule has 1 aliphatic heterocycles. The quantitative estimate of drug-likeness (QED) is 0.0866. The highest BCUT2D eigenvalue weighted by Crippen LogP contribution is 2.88. The molecule has 10 bridgehead atoms. The lowest BCUT2D eigenvalue weighted by atomic mass is 9.40. The van der Waals surface area contributed by atoms with Gasteiger partial charge >= 0.3 is 5.97 Å². The Morgan fingerprint density at radius 1 is 0.575 bits per heavy atom. The zero-order chi connectivity index (χ0) is 67.6. The summed E-state index contributed by atoms with van der Waals surface area (Å²) in [4.78, 5) is 14.7. The van der Waals surface area contributed by atoms with E-state index in [0.717, 1.165) is 85.8 Å². The van der Waals surface area contributed by atoms with Gasteiger partial charge in [0.25, 0.3) is 0 Å². The summed E-state index contributed by atoms with van der Waals surface area (Å²) in [7, 11) is 0. The Hall–Kier alpha value is -11.0. The Kier molecular flexibility index (Phi) is 7.07. The molecule has 13 aromatic carbocycles. The second-order valence-corrected chi connectivity index (χ2v) is 36.8. The minimum absolute atomic E-state index is 0.00120. The summed E-state index contributed by atoms with van der Waals surface area (Å²) >= 11 is 0. The molecule has 34 rings (SSSR count). The molecule has 5 heteroatoms. The number of hydrogen-bond acceptors (Lipinski definition) is 4. The van der Waals surface area contributed by atoms with E-state index in [0.29, 0.717) is 12.0 Å². The second kappa shape index (κ2) is 14.6. The monoisotopic (exact) mass is 1350 g/mol. The molecule has 0 saturated carbocycles. The van der Waals surface area contributed by atoms with Gasteiger partial charge in [0, 0.05) is 75.2 Å². The molecule has 106 heavy (non-hydrogen) atoms. The fourth-order valence-corrected chi connectivity index (χ4v) is 31.4. The minimum Gasteiger partial charge on any atom is -0.507 e. The highest BCUT2D eigenvalue weighted by molar-refractivity contribution is 6.33. The number of ether oxygens (including phenoxy) is 1. The van der Waals surface area contributed by atoms with Crippen molar-refractivity contribution < 1.29 is 24.9 Å². The lowest BCUT2D eigenvalue weighted by molar-refractivity contribution is 0.0695. The number of aromatic hydroxyl groups is 1. The Bertz CT molecular complexity index is 8120. The molecule has 0 radical (unpaired) electrons. The zero-order valence-corrected chi connectivity index (χ0v) is 57.8. The molecule has 14 atom stereocenters. The summed E-state index contributed by atoms with van der Waals surface area (Å²) in [5, 5.41) is 69.7. The van der Waals surface area contributed by atoms with Crippen molar-refractivity contribution in [1.82, 2.24) is 0 Å². The van der Waals surface area contributed by atoms with Crippen LogP contribution in [0.15, 0.2) is 142 Å². The molecule has 490 valence electrons. The van der Waals surface area contributed by atoms with Crippen molar-refractivity contribution in [3.05, 3.63) is 269 Å². The average Bonchev–Trinajstić information content (AvgIpc) is 1.40. The van der Waals surface area contributed by atoms with Crippen molar-refractivity contribution in [3.8, 4) is 28.0 Å². The number of epoxide rings is 1. The van der Waals surface area contributed by atoms with Crippen LogP contribution in [0, 0.1) is 43.4 Å². The van der Waals surface area contributed by atoms with Crippen LogP contribution in [-0.4, -0.2) is 33.0 Å². The van der Waals surface area contributed by atoms with Crippen LogP contribution in [-0.2, 0) is 29.6 Å². The van der Waals surface area contributed by atoms with Crippen LogP contribution in [0.5, 0.6) is 5.75 Å². The van der Waals surface area contributed by atoms with E-state index in [4.69, 9.17) is 4.74 Å². The first-order valence-corrected chi connectivity index (χ1v) is 39.6. The standard InChI is InChI=1S/C101H56O5/c1-31-16-40-20-45-26-48-32(2)47-25-39-12-10-34-14-15-59-60-33(3)49-24-37-8-4-7-36-18-42-22-44-23-43-21-41-19-38-13-11-35-6-5-9-46-52(99(104)105)27-51-50(17-31)62(40)84-65(45)85-74(48)87-75(47)92-66(39)94(34)100(59)101(106-100)95-58-30-57-79(64(42)83(61(36)37)73(49)80(57)91(60)95)69(44)98(103)68(43)78-55-29-56-72(58)93(96(92)101)90(87)89(85)82(56)86-71(55)54(77(63(41)78)67(38)97(35)102)28-53-70(46)76(51)88(84)81(53)86/h5-7,10-28,33,56-57,59,68-69,72,79,88-89,96,98,102-103H,4,8-9,29-30H2,1-3H3,(H,104,105)/b6-5-. The van der Waals surface area contributed by atoms with Crippen molar-refractivity contribution >= 4 is 150 Å². The van der Waals surface area contributed by atoms with E-state index in [1.54, 1.807) is 50.1 Å². The highest BCUT2D eigenvalue weighted by atomic mass is 16.6. The number of carboxylic acid groups (broad SMARTS) is 1. The maximum Gasteiger partial charge on any atom is 0.336 e. The van der Waals surface area contributed by atoms with Crippen LogP contribution in [0.1, 0.15) is 166 Å². The predicted molar refractivity (Wildman–Crippen MR) is 418 cm³/mol. The number of hydrogen-bond donors (Lipinski definition) is 3. The molecule has 0 amide bonds. The van der Waals surface area contributed by atoms with Crippen LogP contribution in [0.2, 0.25) is 0 Å². The molecule has 1 fully saturated rings. The summed E-state index contributed by atoms with van der Waals surface area (Å²) in [5.41, 5.74) is 42.8. The third kappa shape index (κ3) is 4.36. The van der Waals surface area contributed by atoms with E-state index in [1.807, 2.05) is 0 Å². The van der Waals surface area contributed by atoms with Gasteiger partial charge in [0.15, 0.2) is 0 Å². The van der Waals surface area contributed by atoms with E-state index >= 15 is 5.11 Å². The lowest BCUT2D eigenvalue weighted by Crippen LogP contribution is -2.57. The number of benzene rings is 13. The van der Waals surface area contributed by atoms with Gasteiger partial charge in [-0.15, -0.1) is 0 Å².